The molecule has 0 bridgehead atoms. The van der Waals surface area contributed by atoms with Crippen molar-refractivity contribution in [1.29, 1.82) is 0 Å². The molecule has 7 heteroatoms. The van der Waals surface area contributed by atoms with Crippen LogP contribution in [0.5, 0.6) is 11.5 Å². The number of amides is 1. The van der Waals surface area contributed by atoms with E-state index in [0.717, 1.165) is 29.2 Å². The molecule has 0 radical (unpaired) electrons. The summed E-state index contributed by atoms with van der Waals surface area (Å²) in [5.41, 5.74) is 0.907. The topological polar surface area (TPSA) is 73.3 Å². The summed E-state index contributed by atoms with van der Waals surface area (Å²) in [4.78, 5) is 12.2. The van der Waals surface area contributed by atoms with Gasteiger partial charge in [-0.15, -0.1) is 10.2 Å². The van der Waals surface area contributed by atoms with E-state index in [-0.39, 0.29) is 12.7 Å². The zero-order chi connectivity index (χ0) is 16.4. The van der Waals surface area contributed by atoms with Crippen molar-refractivity contribution in [1.82, 2.24) is 10.2 Å². The second-order valence-corrected chi connectivity index (χ2v) is 7.21. The Bertz CT molecular complexity index is 740. The predicted octanol–water partition coefficient (Wildman–Crippen LogP) is 3.84. The lowest BCUT2D eigenvalue weighted by Gasteiger charge is -2.20. The molecule has 4 rings (SSSR count). The molecule has 24 heavy (non-hydrogen) atoms. The van der Waals surface area contributed by atoms with Gasteiger partial charge in [0.15, 0.2) is 11.5 Å². The van der Waals surface area contributed by atoms with Crippen molar-refractivity contribution in [2.75, 3.05) is 12.1 Å². The Morgan fingerprint density at radius 1 is 1.17 bits per heavy atom. The van der Waals surface area contributed by atoms with Gasteiger partial charge in [0.1, 0.15) is 5.01 Å². The standard InChI is InChI=1S/C17H19N3O3S/c21-15(8-11-4-2-1-3-5-11)18-17-20-19-16(24-17)12-6-7-13-14(9-12)23-10-22-13/h6-7,9,11H,1-5,8,10H2,(H,18,20,21). The van der Waals surface area contributed by atoms with Gasteiger partial charge in [0.2, 0.25) is 17.8 Å². The summed E-state index contributed by atoms with van der Waals surface area (Å²) in [5.74, 6) is 2.00. The Hall–Kier alpha value is -2.15. The second-order valence-electron chi connectivity index (χ2n) is 6.24. The summed E-state index contributed by atoms with van der Waals surface area (Å²) in [5, 5.41) is 12.4. The molecule has 0 saturated heterocycles. The van der Waals surface area contributed by atoms with Gasteiger partial charge in [-0.2, -0.15) is 0 Å². The van der Waals surface area contributed by atoms with Crippen LogP contribution >= 0.6 is 11.3 Å². The number of carbonyl (C=O) groups excluding carboxylic acids is 1. The van der Waals surface area contributed by atoms with Crippen LogP contribution in [0.1, 0.15) is 38.5 Å². The average Bonchev–Trinajstić information content (AvgIpc) is 3.24. The van der Waals surface area contributed by atoms with Crippen LogP contribution in [0.4, 0.5) is 5.13 Å². The van der Waals surface area contributed by atoms with E-state index in [9.17, 15) is 4.79 Å². The van der Waals surface area contributed by atoms with Gasteiger partial charge in [0.25, 0.3) is 0 Å². The number of hydrogen-bond donors (Lipinski definition) is 1. The Morgan fingerprint density at radius 2 is 2.00 bits per heavy atom. The number of carbonyl (C=O) groups is 1. The molecule has 1 aliphatic heterocycles. The molecule has 0 atom stereocenters. The molecule has 6 nitrogen and oxygen atoms in total. The number of aromatic nitrogens is 2. The molecule has 1 aromatic carbocycles. The van der Waals surface area contributed by atoms with E-state index in [4.69, 9.17) is 9.47 Å². The van der Waals surface area contributed by atoms with Crippen LogP contribution in [0.15, 0.2) is 18.2 Å². The molecular weight excluding hydrogens is 326 g/mol. The Morgan fingerprint density at radius 3 is 2.88 bits per heavy atom. The van der Waals surface area contributed by atoms with Crippen LogP contribution in [0, 0.1) is 5.92 Å². The number of fused-ring (bicyclic) bond motifs is 1. The maximum absolute atomic E-state index is 12.2. The summed E-state index contributed by atoms with van der Waals surface area (Å²) >= 11 is 1.37. The first kappa shape index (κ1) is 15.4. The molecule has 1 aliphatic carbocycles. The predicted molar refractivity (Wildman–Crippen MR) is 91.3 cm³/mol. The van der Waals surface area contributed by atoms with Crippen LogP contribution in [-0.2, 0) is 4.79 Å². The van der Waals surface area contributed by atoms with Crippen molar-refractivity contribution < 1.29 is 14.3 Å². The van der Waals surface area contributed by atoms with Crippen molar-refractivity contribution in [3.63, 3.8) is 0 Å². The third-order valence-electron chi connectivity index (χ3n) is 4.49. The van der Waals surface area contributed by atoms with E-state index in [1.807, 2.05) is 18.2 Å². The van der Waals surface area contributed by atoms with Crippen molar-refractivity contribution in [3.05, 3.63) is 18.2 Å². The first-order valence-corrected chi connectivity index (χ1v) is 9.13. The zero-order valence-electron chi connectivity index (χ0n) is 13.3. The molecule has 2 heterocycles. The Labute approximate surface area is 144 Å². The number of nitrogens with one attached hydrogen (secondary N) is 1. The highest BCUT2D eigenvalue weighted by Gasteiger charge is 2.19. The molecular formula is C17H19N3O3S. The van der Waals surface area contributed by atoms with Gasteiger partial charge >= 0.3 is 0 Å². The largest absolute Gasteiger partial charge is 0.454 e. The molecule has 2 aliphatic rings. The van der Waals surface area contributed by atoms with E-state index in [2.05, 4.69) is 15.5 Å². The number of ether oxygens (including phenoxy) is 2. The molecule has 1 saturated carbocycles. The highest BCUT2D eigenvalue weighted by molar-refractivity contribution is 7.18. The van der Waals surface area contributed by atoms with Crippen LogP contribution in [0.25, 0.3) is 10.6 Å². The van der Waals surface area contributed by atoms with E-state index in [1.165, 1.54) is 30.6 Å². The minimum absolute atomic E-state index is 0.0373. The minimum atomic E-state index is 0.0373. The minimum Gasteiger partial charge on any atom is -0.454 e. The van der Waals surface area contributed by atoms with Gasteiger partial charge < -0.3 is 14.8 Å². The van der Waals surface area contributed by atoms with E-state index < -0.39 is 0 Å². The number of anilines is 1. The monoisotopic (exact) mass is 345 g/mol. The van der Waals surface area contributed by atoms with Gasteiger partial charge in [0, 0.05) is 12.0 Å². The second kappa shape index (κ2) is 6.76. The summed E-state index contributed by atoms with van der Waals surface area (Å²) in [6.45, 7) is 0.247. The summed E-state index contributed by atoms with van der Waals surface area (Å²) in [6, 6.07) is 5.67. The smallest absolute Gasteiger partial charge is 0.231 e. The molecule has 0 spiro atoms. The van der Waals surface area contributed by atoms with Gasteiger partial charge in [0.05, 0.1) is 0 Å². The highest BCUT2D eigenvalue weighted by Crippen LogP contribution is 2.37. The maximum atomic E-state index is 12.2. The molecule has 2 aromatic rings. The SMILES string of the molecule is O=C(CC1CCCCC1)Nc1nnc(-c2ccc3c(c2)OCO3)s1. The summed E-state index contributed by atoms with van der Waals surface area (Å²) in [6.07, 6.45) is 6.68. The van der Waals surface area contributed by atoms with E-state index >= 15 is 0 Å². The number of rotatable bonds is 4. The molecule has 1 amide bonds. The lowest BCUT2D eigenvalue weighted by Crippen LogP contribution is -2.18. The molecule has 1 N–H and O–H groups in total. The van der Waals surface area contributed by atoms with Crippen molar-refractivity contribution in [3.8, 4) is 22.1 Å². The van der Waals surface area contributed by atoms with E-state index in [1.54, 1.807) is 0 Å². The Balaban J connectivity index is 1.40. The average molecular weight is 345 g/mol. The third kappa shape index (κ3) is 3.36. The molecule has 1 fully saturated rings. The first-order valence-electron chi connectivity index (χ1n) is 8.31. The van der Waals surface area contributed by atoms with Crippen LogP contribution in [-0.4, -0.2) is 22.9 Å². The van der Waals surface area contributed by atoms with Gasteiger partial charge in [-0.05, 0) is 37.0 Å². The number of nitrogens with zero attached hydrogens (tertiary/aromatic N) is 2. The maximum Gasteiger partial charge on any atom is 0.231 e. The van der Waals surface area contributed by atoms with Crippen molar-refractivity contribution in [2.24, 2.45) is 5.92 Å². The van der Waals surface area contributed by atoms with Gasteiger partial charge in [-0.25, -0.2) is 0 Å². The third-order valence-corrected chi connectivity index (χ3v) is 5.38. The summed E-state index contributed by atoms with van der Waals surface area (Å²) < 4.78 is 10.7. The molecule has 126 valence electrons. The number of hydrogen-bond acceptors (Lipinski definition) is 6. The molecule has 1 aromatic heterocycles. The van der Waals surface area contributed by atoms with Crippen LogP contribution in [0.3, 0.4) is 0 Å². The van der Waals surface area contributed by atoms with Gasteiger partial charge in [-0.1, -0.05) is 30.6 Å². The zero-order valence-corrected chi connectivity index (χ0v) is 14.1. The molecule has 0 unspecified atom stereocenters. The highest BCUT2D eigenvalue weighted by atomic mass is 32.1. The van der Waals surface area contributed by atoms with Gasteiger partial charge in [-0.3, -0.25) is 4.79 Å². The van der Waals surface area contributed by atoms with Crippen molar-refractivity contribution in [2.45, 2.75) is 38.5 Å². The van der Waals surface area contributed by atoms with Crippen molar-refractivity contribution >= 4 is 22.4 Å². The lowest BCUT2D eigenvalue weighted by molar-refractivity contribution is -0.117. The lowest BCUT2D eigenvalue weighted by atomic mass is 9.87. The summed E-state index contributed by atoms with van der Waals surface area (Å²) in [7, 11) is 0. The van der Waals surface area contributed by atoms with E-state index in [0.29, 0.717) is 23.2 Å². The van der Waals surface area contributed by atoms with Crippen LogP contribution < -0.4 is 14.8 Å². The Kier molecular flexibility index (Phi) is 4.34. The fourth-order valence-corrected chi connectivity index (χ4v) is 4.00. The quantitative estimate of drug-likeness (QED) is 0.911. The fraction of sp³-hybridized carbons (Fsp3) is 0.471. The normalized spacial score (nSPS) is 17.0. The first-order chi connectivity index (χ1) is 11.8. The number of benzene rings is 1. The van der Waals surface area contributed by atoms with Crippen LogP contribution in [0.2, 0.25) is 0 Å². The fourth-order valence-electron chi connectivity index (χ4n) is 3.24.